The maximum atomic E-state index is 14.0. The van der Waals surface area contributed by atoms with Gasteiger partial charge in [-0.25, -0.2) is 0 Å². The van der Waals surface area contributed by atoms with E-state index in [0.717, 1.165) is 42.6 Å². The monoisotopic (exact) mass is 618 g/mol. The fourth-order valence-electron chi connectivity index (χ4n) is 7.63. The smallest absolute Gasteiger partial charge is 0.235 e. The van der Waals surface area contributed by atoms with Crippen LogP contribution < -0.4 is 11.1 Å². The number of hydrogen-bond donors (Lipinski definition) is 4. The van der Waals surface area contributed by atoms with E-state index in [0.29, 0.717) is 12.1 Å². The molecule has 3 aliphatic rings. The van der Waals surface area contributed by atoms with Gasteiger partial charge in [0.05, 0.1) is 17.5 Å². The molecule has 240 valence electrons. The van der Waals surface area contributed by atoms with Crippen molar-refractivity contribution in [1.82, 2.24) is 15.1 Å². The van der Waals surface area contributed by atoms with Gasteiger partial charge < -0.3 is 26.2 Å². The summed E-state index contributed by atoms with van der Waals surface area (Å²) in [5.74, 6) is -10.5. The molecule has 6 atom stereocenters. The van der Waals surface area contributed by atoms with E-state index in [1.54, 1.807) is 20.2 Å². The molecule has 11 nitrogen and oxygen atoms in total. The Morgan fingerprint density at radius 2 is 1.78 bits per heavy atom. The van der Waals surface area contributed by atoms with Crippen LogP contribution in [0, 0.1) is 23.7 Å². The molecule has 0 spiro atoms. The van der Waals surface area contributed by atoms with Gasteiger partial charge >= 0.3 is 0 Å². The maximum Gasteiger partial charge on any atom is 0.235 e. The van der Waals surface area contributed by atoms with Crippen LogP contribution in [0.25, 0.3) is 11.1 Å². The van der Waals surface area contributed by atoms with E-state index in [-0.39, 0.29) is 24.2 Å². The van der Waals surface area contributed by atoms with Gasteiger partial charge in [0, 0.05) is 12.5 Å². The number of amides is 1. The molecule has 0 heterocycles. The number of ketones is 4. The molecular weight excluding hydrogens is 576 g/mol. The third-order valence-electron chi connectivity index (χ3n) is 9.72. The largest absolute Gasteiger partial charge is 0.507 e. The highest BCUT2D eigenvalue weighted by atomic mass is 16.3. The van der Waals surface area contributed by atoms with Crippen molar-refractivity contribution in [1.29, 1.82) is 0 Å². The summed E-state index contributed by atoms with van der Waals surface area (Å²) in [6.45, 7) is 2.57. The molecule has 0 radical (unpaired) electrons. The van der Waals surface area contributed by atoms with Crippen LogP contribution in [0.5, 0.6) is 5.75 Å². The first-order valence-electron chi connectivity index (χ1n) is 15.4. The van der Waals surface area contributed by atoms with E-state index in [2.05, 4.69) is 24.3 Å². The first kappa shape index (κ1) is 32.6. The van der Waals surface area contributed by atoms with E-state index >= 15 is 0 Å². The first-order valence-corrected chi connectivity index (χ1v) is 15.4. The lowest BCUT2D eigenvalue weighted by atomic mass is 9.52. The molecule has 0 bridgehead atoms. The SMILES string of the molecule is CN(C)CCCCNCc1cccc(-c2ccc(O)c3c2C[C@H]2C[C@H]4[C@H](N(C)C)C(=O)C(C(N)=O)C(=O)[C@@]4(O)C(=O)C2C3=O)c1. The Labute approximate surface area is 262 Å². The number of nitrogens with zero attached hydrogens (tertiary/aromatic N) is 2. The summed E-state index contributed by atoms with van der Waals surface area (Å²) >= 11 is 0. The topological polar surface area (TPSA) is 170 Å². The summed E-state index contributed by atoms with van der Waals surface area (Å²) < 4.78 is 0. The van der Waals surface area contributed by atoms with Gasteiger partial charge in [-0.3, -0.25) is 28.9 Å². The van der Waals surface area contributed by atoms with E-state index in [9.17, 15) is 34.2 Å². The Morgan fingerprint density at radius 1 is 1.04 bits per heavy atom. The van der Waals surface area contributed by atoms with Crippen molar-refractivity contribution >= 4 is 29.0 Å². The van der Waals surface area contributed by atoms with Gasteiger partial charge in [0.25, 0.3) is 0 Å². The molecule has 45 heavy (non-hydrogen) atoms. The summed E-state index contributed by atoms with van der Waals surface area (Å²) in [4.78, 5) is 70.7. The minimum atomic E-state index is -2.74. The van der Waals surface area contributed by atoms with Crippen molar-refractivity contribution < 1.29 is 34.2 Å². The van der Waals surface area contributed by atoms with Crippen LogP contribution in [-0.2, 0) is 32.1 Å². The van der Waals surface area contributed by atoms with Crippen molar-refractivity contribution in [2.24, 2.45) is 29.4 Å². The number of aromatic hydroxyl groups is 1. The molecule has 2 unspecified atom stereocenters. The third kappa shape index (κ3) is 5.63. The van der Waals surface area contributed by atoms with Crippen molar-refractivity contribution in [3.8, 4) is 16.9 Å². The predicted molar refractivity (Wildman–Crippen MR) is 166 cm³/mol. The zero-order valence-electron chi connectivity index (χ0n) is 26.2. The number of carbonyl (C=O) groups is 5. The minimum Gasteiger partial charge on any atom is -0.507 e. The number of benzene rings is 2. The fourth-order valence-corrected chi connectivity index (χ4v) is 7.63. The molecule has 0 saturated heterocycles. The van der Waals surface area contributed by atoms with Gasteiger partial charge in [-0.05, 0) is 107 Å². The number of primary amides is 1. The summed E-state index contributed by atoms with van der Waals surface area (Å²) in [5.41, 5.74) is 5.86. The Balaban J connectivity index is 1.47. The van der Waals surface area contributed by atoms with Gasteiger partial charge in [0.2, 0.25) is 5.91 Å². The zero-order valence-corrected chi connectivity index (χ0v) is 26.2. The molecule has 2 aromatic carbocycles. The highest BCUT2D eigenvalue weighted by Gasteiger charge is 2.69. The van der Waals surface area contributed by atoms with Gasteiger partial charge in [0.15, 0.2) is 34.7 Å². The number of likely N-dealkylation sites (N-methyl/N-ethyl adjacent to an activating group) is 1. The number of phenolic OH excluding ortho intramolecular Hbond substituents is 1. The van der Waals surface area contributed by atoms with E-state index < -0.39 is 64.4 Å². The lowest BCUT2D eigenvalue weighted by Crippen LogP contribution is -2.74. The van der Waals surface area contributed by atoms with Gasteiger partial charge in [-0.2, -0.15) is 0 Å². The molecule has 5 rings (SSSR count). The number of fused-ring (bicyclic) bond motifs is 3. The zero-order chi connectivity index (χ0) is 32.8. The van der Waals surface area contributed by atoms with Crippen LogP contribution >= 0.6 is 0 Å². The Bertz CT molecular complexity index is 1550. The van der Waals surface area contributed by atoms with Crippen LogP contribution in [0.3, 0.4) is 0 Å². The molecule has 11 heteroatoms. The maximum absolute atomic E-state index is 14.0. The van der Waals surface area contributed by atoms with Crippen molar-refractivity contribution in [3.63, 3.8) is 0 Å². The van der Waals surface area contributed by atoms with E-state index in [1.165, 1.54) is 11.0 Å². The highest BCUT2D eigenvalue weighted by Crippen LogP contribution is 2.51. The quantitative estimate of drug-likeness (QED) is 0.222. The Hall–Kier alpha value is -3.77. The lowest BCUT2D eigenvalue weighted by molar-refractivity contribution is -0.181. The standard InChI is InChI=1S/C34H42N4O7/c1-37(2)13-6-5-12-36-17-18-8-7-9-19(14-18)21-10-11-24(39)26-22(21)15-20-16-23-28(38(3)4)30(41)27(33(35)44)32(43)34(23,45)31(42)25(20)29(26)40/h7-11,14,20,23,25,27-28,36,39,45H,5-6,12-13,15-17H2,1-4H3,(H2,35,44)/t20-,23-,25?,27?,28-,34-/m0/s1. The number of hydrogen-bond acceptors (Lipinski definition) is 10. The molecule has 2 fully saturated rings. The van der Waals surface area contributed by atoms with Crippen LogP contribution in [-0.4, -0.2) is 102 Å². The summed E-state index contributed by atoms with van der Waals surface area (Å²) in [5, 5.41) is 26.1. The summed E-state index contributed by atoms with van der Waals surface area (Å²) in [6, 6.07) is 9.95. The highest BCUT2D eigenvalue weighted by molar-refractivity contribution is 6.32. The van der Waals surface area contributed by atoms with Crippen molar-refractivity contribution in [2.75, 3.05) is 41.3 Å². The van der Waals surface area contributed by atoms with E-state index in [1.807, 2.05) is 24.3 Å². The minimum absolute atomic E-state index is 0.0106. The molecule has 2 aromatic rings. The number of aliphatic hydroxyl groups is 1. The van der Waals surface area contributed by atoms with Gasteiger partial charge in [-0.1, -0.05) is 24.3 Å². The van der Waals surface area contributed by atoms with Crippen molar-refractivity contribution in [3.05, 3.63) is 53.1 Å². The average Bonchev–Trinajstić information content (AvgIpc) is 2.96. The number of nitrogens with one attached hydrogen (secondary N) is 1. The molecule has 5 N–H and O–H groups in total. The number of carbonyl (C=O) groups excluding carboxylic acids is 5. The fraction of sp³-hybridized carbons (Fsp3) is 0.500. The lowest BCUT2D eigenvalue weighted by Gasteiger charge is -2.52. The molecule has 2 saturated carbocycles. The number of unbranched alkanes of at least 4 members (excludes halogenated alkanes) is 1. The third-order valence-corrected chi connectivity index (χ3v) is 9.72. The Kier molecular flexibility index (Phi) is 9.10. The second-order valence-corrected chi connectivity index (χ2v) is 13.2. The predicted octanol–water partition coefficient (Wildman–Crippen LogP) is 0.965. The molecule has 1 amide bonds. The number of rotatable bonds is 10. The molecule has 0 aliphatic heterocycles. The normalized spacial score (nSPS) is 27.8. The van der Waals surface area contributed by atoms with Crippen LogP contribution in [0.15, 0.2) is 36.4 Å². The number of phenols is 1. The number of nitrogens with two attached hydrogens (primary N) is 1. The van der Waals surface area contributed by atoms with E-state index in [4.69, 9.17) is 5.73 Å². The van der Waals surface area contributed by atoms with Gasteiger partial charge in [-0.15, -0.1) is 0 Å². The molecule has 0 aromatic heterocycles. The second kappa shape index (κ2) is 12.6. The summed E-state index contributed by atoms with van der Waals surface area (Å²) in [6.07, 6.45) is 2.37. The van der Waals surface area contributed by atoms with Crippen LogP contribution in [0.1, 0.15) is 40.7 Å². The average molecular weight is 619 g/mol. The Morgan fingerprint density at radius 3 is 2.44 bits per heavy atom. The second-order valence-electron chi connectivity index (χ2n) is 13.2. The van der Waals surface area contributed by atoms with Crippen molar-refractivity contribution in [2.45, 2.75) is 43.9 Å². The first-order chi connectivity index (χ1) is 21.3. The van der Waals surface area contributed by atoms with Crippen LogP contribution in [0.2, 0.25) is 0 Å². The van der Waals surface area contributed by atoms with Gasteiger partial charge in [0.1, 0.15) is 5.75 Å². The summed E-state index contributed by atoms with van der Waals surface area (Å²) in [7, 11) is 7.24. The molecule has 3 aliphatic carbocycles. The molecular formula is C34H42N4O7. The van der Waals surface area contributed by atoms with Crippen LogP contribution in [0.4, 0.5) is 0 Å². The number of Topliss-reactive ketones (excluding diaryl/α,β-unsaturated/α-hetero) is 4.